The number of likely N-dealkylation sites (N-methyl/N-ethyl adjacent to an activating group) is 1. The number of benzene rings is 2. The maximum Gasteiger partial charge on any atom is 0.0668 e. The molecule has 0 radical (unpaired) electrons. The van der Waals surface area contributed by atoms with Gasteiger partial charge in [0.25, 0.3) is 0 Å². The molecule has 0 aromatic heterocycles. The fraction of sp³-hybridized carbons (Fsp3) is 0.150. The summed E-state index contributed by atoms with van der Waals surface area (Å²) in [4.78, 5) is 6.96. The molecule has 0 atom stereocenters. The molecule has 3 rings (SSSR count). The van der Waals surface area contributed by atoms with Crippen molar-refractivity contribution in [1.82, 2.24) is 0 Å². The topological polar surface area (TPSA) is 15.6 Å². The maximum atomic E-state index is 6.08. The predicted molar refractivity (Wildman–Crippen MR) is 107 cm³/mol. The van der Waals surface area contributed by atoms with E-state index in [1.807, 2.05) is 30.4 Å². The molecule has 0 fully saturated rings. The van der Waals surface area contributed by atoms with Crippen LogP contribution in [-0.4, -0.2) is 25.8 Å². The minimum absolute atomic E-state index is 0.553. The van der Waals surface area contributed by atoms with Gasteiger partial charge in [-0.15, -0.1) is 0 Å². The molecule has 2 nitrogen and oxygen atoms in total. The number of nitrogens with zero attached hydrogens (tertiary/aromatic N) is 2. The van der Waals surface area contributed by atoms with E-state index < -0.39 is 0 Å². The third kappa shape index (κ3) is 3.55. The first-order valence-corrected chi connectivity index (χ1v) is 8.49. The molecular weight excluding hydrogens is 339 g/mol. The summed E-state index contributed by atoms with van der Waals surface area (Å²) in [6, 6.07) is 11.9. The molecule has 0 unspecified atom stereocenters. The van der Waals surface area contributed by atoms with Crippen molar-refractivity contribution in [3.05, 3.63) is 75.8 Å². The summed E-state index contributed by atoms with van der Waals surface area (Å²) in [5, 5.41) is 1.11. The van der Waals surface area contributed by atoms with Gasteiger partial charge in [0.2, 0.25) is 0 Å². The minimum atomic E-state index is 0.553. The van der Waals surface area contributed by atoms with Gasteiger partial charge in [0.15, 0.2) is 0 Å². The van der Waals surface area contributed by atoms with Crippen LogP contribution in [-0.2, 0) is 0 Å². The molecule has 0 aliphatic carbocycles. The van der Waals surface area contributed by atoms with Gasteiger partial charge in [-0.25, -0.2) is 0 Å². The van der Waals surface area contributed by atoms with Crippen LogP contribution < -0.4 is 4.90 Å². The molecular formula is C20H18Cl2N2. The van der Waals surface area contributed by atoms with Crippen LogP contribution in [0.15, 0.2) is 54.0 Å². The Morgan fingerprint density at radius 2 is 1.83 bits per heavy atom. The highest BCUT2D eigenvalue weighted by Gasteiger charge is 2.14. The van der Waals surface area contributed by atoms with Crippen molar-refractivity contribution < 1.29 is 0 Å². The molecule has 1 aliphatic heterocycles. The van der Waals surface area contributed by atoms with Crippen molar-refractivity contribution in [2.24, 2.45) is 4.99 Å². The van der Waals surface area contributed by atoms with E-state index >= 15 is 0 Å². The van der Waals surface area contributed by atoms with Gasteiger partial charge < -0.3 is 4.90 Å². The third-order valence-corrected chi connectivity index (χ3v) is 4.78. The highest BCUT2D eigenvalue weighted by Crippen LogP contribution is 2.26. The molecule has 1 aliphatic rings. The van der Waals surface area contributed by atoms with Crippen molar-refractivity contribution in [3.63, 3.8) is 0 Å². The van der Waals surface area contributed by atoms with Crippen molar-refractivity contribution in [3.8, 4) is 0 Å². The smallest absolute Gasteiger partial charge is 0.0668 e. The van der Waals surface area contributed by atoms with Gasteiger partial charge in [0.1, 0.15) is 0 Å². The van der Waals surface area contributed by atoms with E-state index in [4.69, 9.17) is 28.2 Å². The molecule has 24 heavy (non-hydrogen) atoms. The minimum Gasteiger partial charge on any atom is -0.372 e. The lowest BCUT2D eigenvalue weighted by molar-refractivity contribution is 0.896. The standard InChI is InChI=1S/C20H18Cl2N2/c1-3-14-4-7-16-19(23-10-11-24(2)20(16)13-14)9-6-15-5-8-17(21)18(22)12-15/h3-9,12-13H,1,10-11H2,2H3. The van der Waals surface area contributed by atoms with Crippen LogP contribution in [0.3, 0.4) is 0 Å². The van der Waals surface area contributed by atoms with Crippen LogP contribution in [0.2, 0.25) is 10.0 Å². The zero-order chi connectivity index (χ0) is 17.1. The molecule has 0 N–H and O–H groups in total. The second-order valence-corrected chi connectivity index (χ2v) is 6.49. The van der Waals surface area contributed by atoms with Gasteiger partial charge in [0, 0.05) is 24.8 Å². The lowest BCUT2D eigenvalue weighted by atomic mass is 10.0. The van der Waals surface area contributed by atoms with Crippen molar-refractivity contribution in [1.29, 1.82) is 0 Å². The van der Waals surface area contributed by atoms with Gasteiger partial charge in [-0.3, -0.25) is 4.99 Å². The Balaban J connectivity index is 1.97. The van der Waals surface area contributed by atoms with Crippen LogP contribution in [0, 0.1) is 0 Å². The monoisotopic (exact) mass is 356 g/mol. The normalized spacial score (nSPS) is 14.3. The zero-order valence-corrected chi connectivity index (χ0v) is 15.0. The highest BCUT2D eigenvalue weighted by molar-refractivity contribution is 6.42. The number of allylic oxidation sites excluding steroid dienone is 1. The number of benzodiazepines with no additional fused rings is 1. The first-order valence-electron chi connectivity index (χ1n) is 7.74. The fourth-order valence-electron chi connectivity index (χ4n) is 2.67. The van der Waals surface area contributed by atoms with E-state index in [1.165, 1.54) is 5.69 Å². The second kappa shape index (κ2) is 7.25. The van der Waals surface area contributed by atoms with Gasteiger partial charge >= 0.3 is 0 Å². The molecule has 1 heterocycles. The summed E-state index contributed by atoms with van der Waals surface area (Å²) in [5.74, 6) is 0. The Kier molecular flexibility index (Phi) is 5.08. The molecule has 122 valence electrons. The van der Waals surface area contributed by atoms with Crippen molar-refractivity contribution in [2.45, 2.75) is 0 Å². The van der Waals surface area contributed by atoms with Crippen molar-refractivity contribution >= 4 is 46.8 Å². The van der Waals surface area contributed by atoms with Gasteiger partial charge in [-0.1, -0.05) is 60.1 Å². The molecule has 2 aromatic rings. The average molecular weight is 357 g/mol. The molecule has 0 amide bonds. The molecule has 0 spiro atoms. The summed E-state index contributed by atoms with van der Waals surface area (Å²) in [6.45, 7) is 5.50. The van der Waals surface area contributed by atoms with Crippen LogP contribution >= 0.6 is 23.2 Å². The maximum absolute atomic E-state index is 6.08. The van der Waals surface area contributed by atoms with Crippen LogP contribution in [0.25, 0.3) is 12.2 Å². The third-order valence-electron chi connectivity index (χ3n) is 4.04. The predicted octanol–water partition coefficient (Wildman–Crippen LogP) is 5.59. The Bertz CT molecular complexity index is 838. The van der Waals surface area contributed by atoms with E-state index in [1.54, 1.807) is 6.07 Å². The molecule has 2 aromatic carbocycles. The lowest BCUT2D eigenvalue weighted by Crippen LogP contribution is -2.20. The first kappa shape index (κ1) is 16.8. The van der Waals surface area contributed by atoms with E-state index in [0.29, 0.717) is 10.0 Å². The average Bonchev–Trinajstić information content (AvgIpc) is 2.75. The molecule has 0 saturated heterocycles. The summed E-state index contributed by atoms with van der Waals surface area (Å²) >= 11 is 12.1. The zero-order valence-electron chi connectivity index (χ0n) is 13.5. The number of hydrogen-bond donors (Lipinski definition) is 0. The number of fused-ring (bicyclic) bond motifs is 1. The summed E-state index contributed by atoms with van der Waals surface area (Å²) < 4.78 is 0. The molecule has 4 heteroatoms. The van der Waals surface area contributed by atoms with E-state index in [2.05, 4.69) is 36.7 Å². The number of hydrogen-bond acceptors (Lipinski definition) is 2. The van der Waals surface area contributed by atoms with Crippen LogP contribution in [0.4, 0.5) is 5.69 Å². The Labute approximate surface area is 152 Å². The summed E-state index contributed by atoms with van der Waals surface area (Å²) in [6.07, 6.45) is 5.91. The SMILES string of the molecule is C=Cc1ccc2c(c1)N(C)CCN=C2C=Cc1ccc(Cl)c(Cl)c1. The number of anilines is 1. The van der Waals surface area contributed by atoms with E-state index in [0.717, 1.165) is 35.5 Å². The van der Waals surface area contributed by atoms with Crippen LogP contribution in [0.1, 0.15) is 16.7 Å². The Morgan fingerprint density at radius 1 is 1.04 bits per heavy atom. The molecule has 0 saturated carbocycles. The Hall–Kier alpha value is -2.03. The number of halogens is 2. The van der Waals surface area contributed by atoms with Gasteiger partial charge in [0.05, 0.1) is 22.3 Å². The van der Waals surface area contributed by atoms with E-state index in [9.17, 15) is 0 Å². The van der Waals surface area contributed by atoms with Gasteiger partial charge in [-0.2, -0.15) is 0 Å². The summed E-state index contributed by atoms with van der Waals surface area (Å²) in [5.41, 5.74) is 5.36. The van der Waals surface area contributed by atoms with Crippen molar-refractivity contribution in [2.75, 3.05) is 25.0 Å². The van der Waals surface area contributed by atoms with E-state index in [-0.39, 0.29) is 0 Å². The first-order chi connectivity index (χ1) is 11.6. The Morgan fingerprint density at radius 3 is 2.58 bits per heavy atom. The quantitative estimate of drug-likeness (QED) is 0.699. The fourth-order valence-corrected chi connectivity index (χ4v) is 2.97. The number of rotatable bonds is 3. The van der Waals surface area contributed by atoms with Gasteiger partial charge in [-0.05, 0) is 35.4 Å². The molecule has 0 bridgehead atoms. The summed E-state index contributed by atoms with van der Waals surface area (Å²) in [7, 11) is 2.09. The largest absolute Gasteiger partial charge is 0.372 e. The second-order valence-electron chi connectivity index (χ2n) is 5.68. The number of aliphatic imine (C=N–C) groups is 1. The highest BCUT2D eigenvalue weighted by atomic mass is 35.5. The lowest BCUT2D eigenvalue weighted by Gasteiger charge is -2.19. The van der Waals surface area contributed by atoms with Crippen LogP contribution in [0.5, 0.6) is 0 Å².